The van der Waals surface area contributed by atoms with E-state index in [2.05, 4.69) is 43.1 Å². The molecule has 1 rings (SSSR count). The second-order valence-corrected chi connectivity index (χ2v) is 2.97. The smallest absolute Gasteiger partial charge is 0.204 e. The third kappa shape index (κ3) is 2.99. The van der Waals surface area contributed by atoms with E-state index in [1.54, 1.807) is 12.4 Å². The standard InChI is InChI=1S/C8H8BrN3/c1-10-4-2-3-8-11-5-7(9)6-12-8/h5-6,10H,4H2,1H3. The zero-order valence-electron chi connectivity index (χ0n) is 6.63. The van der Waals surface area contributed by atoms with Crippen molar-refractivity contribution >= 4 is 15.9 Å². The van der Waals surface area contributed by atoms with Crippen LogP contribution in [-0.4, -0.2) is 23.6 Å². The molecule has 1 N–H and O–H groups in total. The highest BCUT2D eigenvalue weighted by atomic mass is 79.9. The Morgan fingerprint density at radius 1 is 1.50 bits per heavy atom. The molecule has 0 spiro atoms. The first-order valence-electron chi connectivity index (χ1n) is 3.44. The maximum Gasteiger partial charge on any atom is 0.204 e. The lowest BCUT2D eigenvalue weighted by Gasteiger charge is -1.88. The fraction of sp³-hybridized carbons (Fsp3) is 0.250. The quantitative estimate of drug-likeness (QED) is 0.720. The summed E-state index contributed by atoms with van der Waals surface area (Å²) in [7, 11) is 1.84. The van der Waals surface area contributed by atoms with Gasteiger partial charge in [0.1, 0.15) is 0 Å². The van der Waals surface area contributed by atoms with Crippen LogP contribution in [0.2, 0.25) is 0 Å². The van der Waals surface area contributed by atoms with E-state index < -0.39 is 0 Å². The van der Waals surface area contributed by atoms with Crippen LogP contribution in [0, 0.1) is 11.8 Å². The summed E-state index contributed by atoms with van der Waals surface area (Å²) in [5, 5.41) is 2.91. The van der Waals surface area contributed by atoms with Gasteiger partial charge >= 0.3 is 0 Å². The summed E-state index contributed by atoms with van der Waals surface area (Å²) < 4.78 is 0.863. The SMILES string of the molecule is CNCC#Cc1ncc(Br)cn1. The molecule has 0 aromatic carbocycles. The van der Waals surface area contributed by atoms with E-state index in [0.717, 1.165) is 4.47 Å². The summed E-state index contributed by atoms with van der Waals surface area (Å²) in [6.45, 7) is 0.652. The average Bonchev–Trinajstić information content (AvgIpc) is 2.09. The highest BCUT2D eigenvalue weighted by Crippen LogP contribution is 2.03. The van der Waals surface area contributed by atoms with Gasteiger partial charge in [0.05, 0.1) is 11.0 Å². The summed E-state index contributed by atoms with van der Waals surface area (Å²) in [6.07, 6.45) is 3.35. The summed E-state index contributed by atoms with van der Waals surface area (Å²) >= 11 is 3.24. The minimum Gasteiger partial charge on any atom is -0.309 e. The largest absolute Gasteiger partial charge is 0.309 e. The van der Waals surface area contributed by atoms with Gasteiger partial charge in [-0.15, -0.1) is 0 Å². The molecule has 1 aromatic heterocycles. The van der Waals surface area contributed by atoms with Gasteiger partial charge in [0.2, 0.25) is 5.82 Å². The Morgan fingerprint density at radius 2 is 2.17 bits per heavy atom. The Hall–Kier alpha value is -0.920. The minimum absolute atomic E-state index is 0.549. The fourth-order valence-electron chi connectivity index (χ4n) is 0.588. The van der Waals surface area contributed by atoms with Crippen molar-refractivity contribution in [2.24, 2.45) is 0 Å². The molecule has 3 nitrogen and oxygen atoms in total. The van der Waals surface area contributed by atoms with Crippen molar-refractivity contribution in [3.63, 3.8) is 0 Å². The second kappa shape index (κ2) is 4.86. The minimum atomic E-state index is 0.549. The van der Waals surface area contributed by atoms with E-state index >= 15 is 0 Å². The number of rotatable bonds is 1. The fourth-order valence-corrected chi connectivity index (χ4v) is 0.793. The summed E-state index contributed by atoms with van der Waals surface area (Å²) in [4.78, 5) is 7.98. The first-order valence-corrected chi connectivity index (χ1v) is 4.23. The Bertz CT molecular complexity index is 296. The third-order valence-electron chi connectivity index (χ3n) is 1.09. The van der Waals surface area contributed by atoms with E-state index in [-0.39, 0.29) is 0 Å². The van der Waals surface area contributed by atoms with Crippen molar-refractivity contribution in [3.8, 4) is 11.8 Å². The monoisotopic (exact) mass is 225 g/mol. The van der Waals surface area contributed by atoms with Gasteiger partial charge in [-0.2, -0.15) is 0 Å². The second-order valence-electron chi connectivity index (χ2n) is 2.06. The molecule has 1 heterocycles. The Kier molecular flexibility index (Phi) is 3.71. The van der Waals surface area contributed by atoms with E-state index in [4.69, 9.17) is 0 Å². The Morgan fingerprint density at radius 3 is 2.75 bits per heavy atom. The van der Waals surface area contributed by atoms with Gasteiger partial charge in [0.15, 0.2) is 0 Å². The van der Waals surface area contributed by atoms with Crippen molar-refractivity contribution in [2.75, 3.05) is 13.6 Å². The van der Waals surface area contributed by atoms with Crippen LogP contribution < -0.4 is 5.32 Å². The van der Waals surface area contributed by atoms with E-state index in [1.165, 1.54) is 0 Å². The number of aromatic nitrogens is 2. The number of nitrogens with zero attached hydrogens (tertiary/aromatic N) is 2. The van der Waals surface area contributed by atoms with Crippen molar-refractivity contribution in [1.29, 1.82) is 0 Å². The van der Waals surface area contributed by atoms with E-state index in [0.29, 0.717) is 12.4 Å². The molecule has 0 aliphatic carbocycles. The van der Waals surface area contributed by atoms with Crippen LogP contribution in [0.3, 0.4) is 0 Å². The molecular formula is C8H8BrN3. The molecule has 62 valence electrons. The van der Waals surface area contributed by atoms with Gasteiger partial charge in [-0.1, -0.05) is 5.92 Å². The lowest BCUT2D eigenvalue weighted by Crippen LogP contribution is -2.04. The number of nitrogens with one attached hydrogen (secondary N) is 1. The molecule has 0 saturated heterocycles. The van der Waals surface area contributed by atoms with Crippen LogP contribution in [0.25, 0.3) is 0 Å². The van der Waals surface area contributed by atoms with Gasteiger partial charge in [-0.3, -0.25) is 0 Å². The molecule has 12 heavy (non-hydrogen) atoms. The molecule has 0 radical (unpaired) electrons. The van der Waals surface area contributed by atoms with E-state index in [9.17, 15) is 0 Å². The van der Waals surface area contributed by atoms with E-state index in [1.807, 2.05) is 7.05 Å². The zero-order chi connectivity index (χ0) is 8.81. The van der Waals surface area contributed by atoms with Crippen LogP contribution in [0.15, 0.2) is 16.9 Å². The maximum atomic E-state index is 3.99. The highest BCUT2D eigenvalue weighted by Gasteiger charge is 1.88. The molecule has 0 fully saturated rings. The van der Waals surface area contributed by atoms with Crippen molar-refractivity contribution in [3.05, 3.63) is 22.7 Å². The average molecular weight is 226 g/mol. The zero-order valence-corrected chi connectivity index (χ0v) is 8.22. The molecule has 0 aliphatic heterocycles. The van der Waals surface area contributed by atoms with Gasteiger partial charge in [0, 0.05) is 12.4 Å². The molecule has 1 aromatic rings. The molecule has 0 saturated carbocycles. The molecule has 0 aliphatic rings. The molecule has 0 unspecified atom stereocenters. The predicted octanol–water partition coefficient (Wildman–Crippen LogP) is 0.810. The van der Waals surface area contributed by atoms with Gasteiger partial charge in [0.25, 0.3) is 0 Å². The lowest BCUT2D eigenvalue weighted by atomic mass is 10.5. The van der Waals surface area contributed by atoms with Crippen LogP contribution in [0.5, 0.6) is 0 Å². The molecule has 0 atom stereocenters. The predicted molar refractivity (Wildman–Crippen MR) is 50.5 cm³/mol. The number of hydrogen-bond acceptors (Lipinski definition) is 3. The summed E-state index contributed by atoms with van der Waals surface area (Å²) in [5.41, 5.74) is 0. The van der Waals surface area contributed by atoms with Crippen molar-refractivity contribution < 1.29 is 0 Å². The third-order valence-corrected chi connectivity index (χ3v) is 1.50. The summed E-state index contributed by atoms with van der Waals surface area (Å²) in [5.74, 6) is 6.24. The normalized spacial score (nSPS) is 8.83. The Labute approximate surface area is 79.7 Å². The molecule has 0 amide bonds. The lowest BCUT2D eigenvalue weighted by molar-refractivity contribution is 0.937. The molecule has 4 heteroatoms. The van der Waals surface area contributed by atoms with Gasteiger partial charge in [-0.05, 0) is 28.9 Å². The highest BCUT2D eigenvalue weighted by molar-refractivity contribution is 9.10. The number of halogens is 1. The number of hydrogen-bond donors (Lipinski definition) is 1. The van der Waals surface area contributed by atoms with Crippen molar-refractivity contribution in [1.82, 2.24) is 15.3 Å². The van der Waals surface area contributed by atoms with Crippen molar-refractivity contribution in [2.45, 2.75) is 0 Å². The first kappa shape index (κ1) is 9.17. The van der Waals surface area contributed by atoms with Crippen LogP contribution in [0.4, 0.5) is 0 Å². The molecule has 0 bridgehead atoms. The topological polar surface area (TPSA) is 37.8 Å². The van der Waals surface area contributed by atoms with Crippen LogP contribution in [0.1, 0.15) is 5.82 Å². The molecular weight excluding hydrogens is 218 g/mol. The Balaban J connectivity index is 2.66. The van der Waals surface area contributed by atoms with Crippen LogP contribution >= 0.6 is 15.9 Å². The first-order chi connectivity index (χ1) is 5.83. The van der Waals surface area contributed by atoms with Crippen LogP contribution in [-0.2, 0) is 0 Å². The van der Waals surface area contributed by atoms with Gasteiger partial charge in [-0.25, -0.2) is 9.97 Å². The maximum absolute atomic E-state index is 3.99. The summed E-state index contributed by atoms with van der Waals surface area (Å²) in [6, 6.07) is 0. The van der Waals surface area contributed by atoms with Gasteiger partial charge < -0.3 is 5.32 Å².